The van der Waals surface area contributed by atoms with Crippen molar-refractivity contribution in [3.8, 4) is 0 Å². The molecule has 1 atom stereocenters. The Balaban J connectivity index is 1.50. The van der Waals surface area contributed by atoms with Gasteiger partial charge in [-0.25, -0.2) is 9.97 Å². The van der Waals surface area contributed by atoms with Gasteiger partial charge in [0.25, 0.3) is 0 Å². The summed E-state index contributed by atoms with van der Waals surface area (Å²) in [6.45, 7) is 5.02. The first-order chi connectivity index (χ1) is 12.3. The topological polar surface area (TPSA) is 82.6 Å². The molecule has 8 heteroatoms. The number of thiazole rings is 1. The summed E-state index contributed by atoms with van der Waals surface area (Å²) in [6, 6.07) is 2.03. The number of rotatable bonds is 5. The molecule has 1 unspecified atom stereocenters. The molecule has 1 fully saturated rings. The molecule has 7 nitrogen and oxygen atoms in total. The third-order valence-corrected chi connectivity index (χ3v) is 5.25. The summed E-state index contributed by atoms with van der Waals surface area (Å²) >= 11 is 1.63. The van der Waals surface area contributed by atoms with Crippen molar-refractivity contribution in [3.63, 3.8) is 0 Å². The number of hydrogen-bond acceptors (Lipinski definition) is 7. The van der Waals surface area contributed by atoms with E-state index in [0.29, 0.717) is 5.92 Å². The van der Waals surface area contributed by atoms with Crippen molar-refractivity contribution in [1.29, 1.82) is 0 Å². The van der Waals surface area contributed by atoms with Crippen LogP contribution in [0.1, 0.15) is 35.0 Å². The zero-order valence-corrected chi connectivity index (χ0v) is 15.0. The molecule has 0 bridgehead atoms. The molecule has 130 valence electrons. The summed E-state index contributed by atoms with van der Waals surface area (Å²) in [6.07, 6.45) is 9.47. The Morgan fingerprint density at radius 3 is 3.00 bits per heavy atom. The fraction of sp³-hybridized carbons (Fsp3) is 0.412. The quantitative estimate of drug-likeness (QED) is 0.732. The van der Waals surface area contributed by atoms with Gasteiger partial charge in [-0.15, -0.1) is 11.3 Å². The third-order valence-electron chi connectivity index (χ3n) is 4.42. The Bertz CT molecular complexity index is 814. The SMILES string of the molecule is Cc1cnc(Nc2nccnc2C2CCCN(Cc3ccn[nH]3)C2)s1. The van der Waals surface area contributed by atoms with Gasteiger partial charge in [-0.3, -0.25) is 15.0 Å². The summed E-state index contributed by atoms with van der Waals surface area (Å²) in [7, 11) is 0. The van der Waals surface area contributed by atoms with E-state index in [0.717, 1.165) is 54.8 Å². The molecule has 3 aromatic heterocycles. The average molecular weight is 355 g/mol. The molecule has 2 N–H and O–H groups in total. The van der Waals surface area contributed by atoms with E-state index >= 15 is 0 Å². The minimum absolute atomic E-state index is 0.369. The van der Waals surface area contributed by atoms with Crippen molar-refractivity contribution in [2.45, 2.75) is 32.2 Å². The van der Waals surface area contributed by atoms with Crippen LogP contribution in [0.15, 0.2) is 30.9 Å². The van der Waals surface area contributed by atoms with Crippen molar-refractivity contribution < 1.29 is 0 Å². The van der Waals surface area contributed by atoms with E-state index in [1.54, 1.807) is 29.9 Å². The fourth-order valence-electron chi connectivity index (χ4n) is 3.29. The molecule has 1 aliphatic heterocycles. The smallest absolute Gasteiger partial charge is 0.188 e. The van der Waals surface area contributed by atoms with Gasteiger partial charge in [0.05, 0.1) is 5.69 Å². The van der Waals surface area contributed by atoms with Crippen LogP contribution in [0.5, 0.6) is 0 Å². The standard InChI is InChI=1S/C17H21N7S/c1-12-9-20-17(25-12)22-16-15(18-6-7-19-16)13-3-2-8-24(10-13)11-14-4-5-21-23-14/h4-7,9,13H,2-3,8,10-11H2,1H3,(H,21,23)(H,19,20,22). The van der Waals surface area contributed by atoms with Gasteiger partial charge in [0, 0.05) is 54.4 Å². The molecule has 0 aliphatic carbocycles. The minimum Gasteiger partial charge on any atom is -0.315 e. The Morgan fingerprint density at radius 2 is 2.20 bits per heavy atom. The van der Waals surface area contributed by atoms with Crippen molar-refractivity contribution >= 4 is 22.3 Å². The summed E-state index contributed by atoms with van der Waals surface area (Å²) in [5, 5.41) is 11.3. The van der Waals surface area contributed by atoms with E-state index in [9.17, 15) is 0 Å². The van der Waals surface area contributed by atoms with E-state index in [1.807, 2.05) is 12.3 Å². The molecule has 4 heterocycles. The molecule has 4 rings (SSSR count). The van der Waals surface area contributed by atoms with Gasteiger partial charge in [0.1, 0.15) is 0 Å². The molecule has 1 aliphatic rings. The zero-order valence-electron chi connectivity index (χ0n) is 14.1. The van der Waals surface area contributed by atoms with Crippen LogP contribution < -0.4 is 5.32 Å². The lowest BCUT2D eigenvalue weighted by molar-refractivity contribution is 0.196. The third kappa shape index (κ3) is 3.85. The second kappa shape index (κ2) is 7.28. The van der Waals surface area contributed by atoms with Crippen LogP contribution in [-0.2, 0) is 6.54 Å². The zero-order chi connectivity index (χ0) is 17.1. The Morgan fingerprint density at radius 1 is 1.28 bits per heavy atom. The van der Waals surface area contributed by atoms with Crippen LogP contribution in [0, 0.1) is 6.92 Å². The number of hydrogen-bond donors (Lipinski definition) is 2. The number of aryl methyl sites for hydroxylation is 1. The van der Waals surface area contributed by atoms with Gasteiger partial charge < -0.3 is 5.32 Å². The van der Waals surface area contributed by atoms with Crippen molar-refractivity contribution in [3.05, 3.63) is 47.1 Å². The van der Waals surface area contributed by atoms with Gasteiger partial charge >= 0.3 is 0 Å². The maximum atomic E-state index is 4.64. The lowest BCUT2D eigenvalue weighted by atomic mass is 9.94. The maximum Gasteiger partial charge on any atom is 0.188 e. The molecular weight excluding hydrogens is 334 g/mol. The molecule has 25 heavy (non-hydrogen) atoms. The first-order valence-corrected chi connectivity index (χ1v) is 9.30. The number of aromatic amines is 1. The van der Waals surface area contributed by atoms with Gasteiger partial charge in [0.15, 0.2) is 10.9 Å². The van der Waals surface area contributed by atoms with E-state index in [2.05, 4.69) is 42.3 Å². The molecule has 0 radical (unpaired) electrons. The summed E-state index contributed by atoms with van der Waals surface area (Å²) in [5.41, 5.74) is 2.18. The monoisotopic (exact) mass is 355 g/mol. The number of likely N-dealkylation sites (tertiary alicyclic amines) is 1. The van der Waals surface area contributed by atoms with Crippen LogP contribution in [0.25, 0.3) is 0 Å². The number of H-pyrrole nitrogens is 1. The molecule has 0 amide bonds. The van der Waals surface area contributed by atoms with Gasteiger partial charge in [-0.05, 0) is 32.4 Å². The fourth-order valence-corrected chi connectivity index (χ4v) is 3.96. The predicted molar refractivity (Wildman–Crippen MR) is 98.0 cm³/mol. The number of piperidine rings is 1. The lowest BCUT2D eigenvalue weighted by Gasteiger charge is -2.32. The molecule has 0 aromatic carbocycles. The van der Waals surface area contributed by atoms with Crippen LogP contribution >= 0.6 is 11.3 Å². The van der Waals surface area contributed by atoms with Gasteiger partial charge in [-0.2, -0.15) is 5.10 Å². The largest absolute Gasteiger partial charge is 0.315 e. The highest BCUT2D eigenvalue weighted by Crippen LogP contribution is 2.31. The predicted octanol–water partition coefficient (Wildman–Crippen LogP) is 3.09. The van der Waals surface area contributed by atoms with E-state index in [4.69, 9.17) is 0 Å². The summed E-state index contributed by atoms with van der Waals surface area (Å²) < 4.78 is 0. The van der Waals surface area contributed by atoms with E-state index in [1.165, 1.54) is 4.88 Å². The maximum absolute atomic E-state index is 4.64. The van der Waals surface area contributed by atoms with Crippen LogP contribution in [0.4, 0.5) is 10.9 Å². The second-order valence-electron chi connectivity index (χ2n) is 6.35. The lowest BCUT2D eigenvalue weighted by Crippen LogP contribution is -2.34. The molecule has 0 saturated carbocycles. The molecular formula is C17H21N7S. The van der Waals surface area contributed by atoms with Gasteiger partial charge in [0.2, 0.25) is 0 Å². The minimum atomic E-state index is 0.369. The number of nitrogens with one attached hydrogen (secondary N) is 2. The molecule has 1 saturated heterocycles. The van der Waals surface area contributed by atoms with Crippen molar-refractivity contribution in [2.75, 3.05) is 18.4 Å². The van der Waals surface area contributed by atoms with Gasteiger partial charge in [-0.1, -0.05) is 0 Å². The first kappa shape index (κ1) is 16.2. The van der Waals surface area contributed by atoms with Crippen molar-refractivity contribution in [2.24, 2.45) is 0 Å². The summed E-state index contributed by atoms with van der Waals surface area (Å²) in [4.78, 5) is 17.2. The van der Waals surface area contributed by atoms with E-state index in [-0.39, 0.29) is 0 Å². The van der Waals surface area contributed by atoms with Crippen molar-refractivity contribution in [1.82, 2.24) is 30.0 Å². The molecule has 0 spiro atoms. The highest BCUT2D eigenvalue weighted by molar-refractivity contribution is 7.15. The average Bonchev–Trinajstić information content (AvgIpc) is 3.27. The second-order valence-corrected chi connectivity index (χ2v) is 7.58. The Hall–Kier alpha value is -2.32. The Labute approximate surface area is 150 Å². The number of aromatic nitrogens is 5. The van der Waals surface area contributed by atoms with Crippen LogP contribution in [0.2, 0.25) is 0 Å². The first-order valence-electron chi connectivity index (χ1n) is 8.49. The van der Waals surface area contributed by atoms with Crippen LogP contribution in [0.3, 0.4) is 0 Å². The highest BCUT2D eigenvalue weighted by atomic mass is 32.1. The molecule has 3 aromatic rings. The number of anilines is 2. The number of nitrogens with zero attached hydrogens (tertiary/aromatic N) is 5. The normalized spacial score (nSPS) is 18.4. The summed E-state index contributed by atoms with van der Waals surface area (Å²) in [5.74, 6) is 1.19. The highest BCUT2D eigenvalue weighted by Gasteiger charge is 2.25. The van der Waals surface area contributed by atoms with E-state index < -0.39 is 0 Å². The Kier molecular flexibility index (Phi) is 4.71. The van der Waals surface area contributed by atoms with Crippen LogP contribution in [-0.4, -0.2) is 43.1 Å².